The zero-order valence-electron chi connectivity index (χ0n) is 19.5. The Morgan fingerprint density at radius 3 is 2.40 bits per heavy atom. The minimum Gasteiger partial charge on any atom is -0.348 e. The van der Waals surface area contributed by atoms with E-state index in [4.69, 9.17) is 0 Å². The lowest BCUT2D eigenvalue weighted by Crippen LogP contribution is -2.23. The van der Waals surface area contributed by atoms with Crippen LogP contribution in [0.3, 0.4) is 0 Å². The first-order chi connectivity index (χ1) is 16.6. The number of aromatic nitrogens is 2. The summed E-state index contributed by atoms with van der Waals surface area (Å²) in [5, 5.41) is 2.75. The molecule has 0 unspecified atom stereocenters. The molecule has 4 aromatic rings. The molecule has 0 radical (unpaired) electrons. The van der Waals surface area contributed by atoms with Crippen LogP contribution in [0.1, 0.15) is 32.9 Å². The van der Waals surface area contributed by atoms with Gasteiger partial charge in [0.05, 0.1) is 10.6 Å². The van der Waals surface area contributed by atoms with Gasteiger partial charge in [-0.1, -0.05) is 18.2 Å². The van der Waals surface area contributed by atoms with Crippen molar-refractivity contribution >= 4 is 21.6 Å². The van der Waals surface area contributed by atoms with E-state index in [0.29, 0.717) is 33.9 Å². The van der Waals surface area contributed by atoms with Crippen LogP contribution in [0.25, 0.3) is 5.69 Å². The molecular weight excluding hydrogens is 467 g/mol. The van der Waals surface area contributed by atoms with E-state index in [1.807, 2.05) is 13.0 Å². The second-order valence-electron chi connectivity index (χ2n) is 8.26. The standard InChI is InChI=1S/C26H25FN4O3S/c1-17-4-5-18(2)25(14-17)35(33,34)30-22-9-7-21(8-10-22)26(32)29-16-20-6-11-24(23(27)15-20)31-13-12-28-19(31)3/h4-15,30H,16H2,1-3H3,(H,29,32). The number of hydrogen-bond donors (Lipinski definition) is 2. The van der Waals surface area contributed by atoms with Crippen LogP contribution in [-0.2, 0) is 16.6 Å². The van der Waals surface area contributed by atoms with Gasteiger partial charge in [-0.2, -0.15) is 0 Å². The molecule has 0 bridgehead atoms. The van der Waals surface area contributed by atoms with Crippen molar-refractivity contribution in [2.75, 3.05) is 4.72 Å². The average Bonchev–Trinajstić information content (AvgIpc) is 3.24. The van der Waals surface area contributed by atoms with Gasteiger partial charge in [-0.15, -0.1) is 0 Å². The summed E-state index contributed by atoms with van der Waals surface area (Å²) in [4.78, 5) is 16.9. The number of anilines is 1. The Kier molecular flexibility index (Phi) is 6.70. The molecule has 0 aliphatic heterocycles. The Bertz CT molecular complexity index is 1500. The molecule has 2 N–H and O–H groups in total. The van der Waals surface area contributed by atoms with E-state index >= 15 is 0 Å². The lowest BCUT2D eigenvalue weighted by atomic mass is 10.1. The molecule has 0 spiro atoms. The third-order valence-corrected chi connectivity index (χ3v) is 7.11. The molecule has 4 rings (SSSR count). The van der Waals surface area contributed by atoms with Crippen molar-refractivity contribution in [1.29, 1.82) is 0 Å². The molecule has 1 heterocycles. The van der Waals surface area contributed by atoms with E-state index < -0.39 is 15.8 Å². The second kappa shape index (κ2) is 9.71. The number of halogens is 1. The summed E-state index contributed by atoms with van der Waals surface area (Å²) in [5.41, 5.74) is 3.17. The summed E-state index contributed by atoms with van der Waals surface area (Å²) in [6.45, 7) is 5.49. The predicted molar refractivity (Wildman–Crippen MR) is 133 cm³/mol. The maximum atomic E-state index is 14.6. The van der Waals surface area contributed by atoms with Gasteiger partial charge in [-0.3, -0.25) is 9.52 Å². The normalized spacial score (nSPS) is 11.3. The first-order valence-corrected chi connectivity index (χ1v) is 12.4. The molecule has 0 fully saturated rings. The van der Waals surface area contributed by atoms with Crippen molar-refractivity contribution in [2.45, 2.75) is 32.2 Å². The van der Waals surface area contributed by atoms with E-state index in [1.54, 1.807) is 55.1 Å². The quantitative estimate of drug-likeness (QED) is 0.392. The van der Waals surface area contributed by atoms with Crippen molar-refractivity contribution in [3.63, 3.8) is 0 Å². The second-order valence-corrected chi connectivity index (χ2v) is 9.92. The van der Waals surface area contributed by atoms with Gasteiger partial charge in [0.2, 0.25) is 0 Å². The van der Waals surface area contributed by atoms with Crippen LogP contribution in [0.15, 0.2) is 78.0 Å². The predicted octanol–water partition coefficient (Wildman–Crippen LogP) is 4.67. The first-order valence-electron chi connectivity index (χ1n) is 10.9. The molecule has 0 saturated carbocycles. The molecule has 3 aromatic carbocycles. The summed E-state index contributed by atoms with van der Waals surface area (Å²) in [6.07, 6.45) is 3.28. The first kappa shape index (κ1) is 24.2. The van der Waals surface area contributed by atoms with Crippen LogP contribution in [0, 0.1) is 26.6 Å². The van der Waals surface area contributed by atoms with Gasteiger partial charge in [0.25, 0.3) is 15.9 Å². The van der Waals surface area contributed by atoms with Crippen LogP contribution in [-0.4, -0.2) is 23.9 Å². The number of carbonyl (C=O) groups excluding carboxylic acids is 1. The lowest BCUT2D eigenvalue weighted by molar-refractivity contribution is 0.0951. The highest BCUT2D eigenvalue weighted by Gasteiger charge is 2.17. The number of aryl methyl sites for hydroxylation is 3. The molecule has 0 aliphatic rings. The largest absolute Gasteiger partial charge is 0.348 e. The van der Waals surface area contributed by atoms with E-state index in [2.05, 4.69) is 15.0 Å². The molecular formula is C26H25FN4O3S. The molecule has 1 aromatic heterocycles. The fourth-order valence-electron chi connectivity index (χ4n) is 3.67. The Hall–Kier alpha value is -3.98. The number of benzene rings is 3. The average molecular weight is 493 g/mol. The summed E-state index contributed by atoms with van der Waals surface area (Å²) in [6, 6.07) is 16.1. The number of nitrogens with one attached hydrogen (secondary N) is 2. The molecule has 35 heavy (non-hydrogen) atoms. The van der Waals surface area contributed by atoms with Gasteiger partial charge in [-0.25, -0.2) is 17.8 Å². The molecule has 1 amide bonds. The third-order valence-electron chi connectivity index (χ3n) is 5.58. The van der Waals surface area contributed by atoms with Gasteiger partial charge < -0.3 is 9.88 Å². The lowest BCUT2D eigenvalue weighted by Gasteiger charge is -2.12. The van der Waals surface area contributed by atoms with Crippen LogP contribution < -0.4 is 10.0 Å². The van der Waals surface area contributed by atoms with Crippen LogP contribution >= 0.6 is 0 Å². The maximum Gasteiger partial charge on any atom is 0.262 e. The third kappa shape index (κ3) is 5.41. The van der Waals surface area contributed by atoms with Crippen molar-refractivity contribution in [3.8, 4) is 5.69 Å². The fraction of sp³-hybridized carbons (Fsp3) is 0.154. The zero-order valence-corrected chi connectivity index (χ0v) is 20.4. The number of imidazole rings is 1. The van der Waals surface area contributed by atoms with Crippen molar-refractivity contribution < 1.29 is 17.6 Å². The zero-order chi connectivity index (χ0) is 25.2. The highest BCUT2D eigenvalue weighted by Crippen LogP contribution is 2.21. The number of hydrogen-bond acceptors (Lipinski definition) is 4. The summed E-state index contributed by atoms with van der Waals surface area (Å²) < 4.78 is 44.3. The molecule has 9 heteroatoms. The number of sulfonamides is 1. The van der Waals surface area contributed by atoms with E-state index in [-0.39, 0.29) is 17.3 Å². The van der Waals surface area contributed by atoms with Crippen molar-refractivity contribution in [3.05, 3.63) is 107 Å². The van der Waals surface area contributed by atoms with Gasteiger partial charge >= 0.3 is 0 Å². The van der Waals surface area contributed by atoms with Gasteiger partial charge in [-0.05, 0) is 79.9 Å². The van der Waals surface area contributed by atoms with Gasteiger partial charge in [0.1, 0.15) is 11.6 Å². The highest BCUT2D eigenvalue weighted by molar-refractivity contribution is 7.92. The Labute approximate surface area is 203 Å². The Morgan fingerprint density at radius 1 is 1.00 bits per heavy atom. The maximum absolute atomic E-state index is 14.6. The van der Waals surface area contributed by atoms with Crippen molar-refractivity contribution in [1.82, 2.24) is 14.9 Å². The van der Waals surface area contributed by atoms with E-state index in [0.717, 1.165) is 5.56 Å². The topological polar surface area (TPSA) is 93.1 Å². The van der Waals surface area contributed by atoms with Gasteiger partial charge in [0.15, 0.2) is 0 Å². The van der Waals surface area contributed by atoms with E-state index in [1.165, 1.54) is 30.3 Å². The smallest absolute Gasteiger partial charge is 0.262 e. The van der Waals surface area contributed by atoms with E-state index in [9.17, 15) is 17.6 Å². The monoisotopic (exact) mass is 492 g/mol. The van der Waals surface area contributed by atoms with Gasteiger partial charge in [0, 0.05) is 30.2 Å². The number of nitrogens with zero attached hydrogens (tertiary/aromatic N) is 2. The number of carbonyl (C=O) groups is 1. The molecule has 0 atom stereocenters. The number of rotatable bonds is 7. The molecule has 0 saturated heterocycles. The number of amides is 1. The summed E-state index contributed by atoms with van der Waals surface area (Å²) in [5.74, 6) is -0.105. The van der Waals surface area contributed by atoms with Crippen LogP contribution in [0.4, 0.5) is 10.1 Å². The molecule has 0 aliphatic carbocycles. The summed E-state index contributed by atoms with van der Waals surface area (Å²) in [7, 11) is -3.76. The minimum atomic E-state index is -3.76. The highest BCUT2D eigenvalue weighted by atomic mass is 32.2. The Morgan fingerprint density at radius 2 is 1.74 bits per heavy atom. The van der Waals surface area contributed by atoms with Crippen LogP contribution in [0.5, 0.6) is 0 Å². The Balaban J connectivity index is 1.40. The summed E-state index contributed by atoms with van der Waals surface area (Å²) >= 11 is 0. The van der Waals surface area contributed by atoms with Crippen molar-refractivity contribution in [2.24, 2.45) is 0 Å². The fourth-order valence-corrected chi connectivity index (χ4v) is 5.06. The molecule has 180 valence electrons. The SMILES string of the molecule is Cc1ccc(C)c(S(=O)(=O)Nc2ccc(C(=O)NCc3ccc(-n4ccnc4C)c(F)c3)cc2)c1. The minimum absolute atomic E-state index is 0.139. The van der Waals surface area contributed by atoms with Crippen LogP contribution in [0.2, 0.25) is 0 Å². The molecule has 7 nitrogen and oxygen atoms in total.